The van der Waals surface area contributed by atoms with Gasteiger partial charge in [-0.05, 0) is 18.1 Å². The fourth-order valence-electron chi connectivity index (χ4n) is 3.24. The number of aliphatic carboxylic acids is 1. The van der Waals surface area contributed by atoms with Crippen LogP contribution in [0.2, 0.25) is 0 Å². The molecule has 114 valence electrons. The van der Waals surface area contributed by atoms with Crippen molar-refractivity contribution < 1.29 is 14.6 Å². The predicted molar refractivity (Wildman–Crippen MR) is 79.8 cm³/mol. The van der Waals surface area contributed by atoms with E-state index in [0.717, 1.165) is 51.5 Å². The molecule has 0 radical (unpaired) electrons. The normalized spacial score (nSPS) is 23.3. The second-order valence-corrected chi connectivity index (χ2v) is 5.84. The second kappa shape index (κ2) is 6.45. The highest BCUT2D eigenvalue weighted by molar-refractivity contribution is 5.69. The van der Waals surface area contributed by atoms with Crippen LogP contribution in [0.3, 0.4) is 0 Å². The van der Waals surface area contributed by atoms with Crippen molar-refractivity contribution in [3.05, 3.63) is 29.8 Å². The van der Waals surface area contributed by atoms with E-state index in [9.17, 15) is 4.79 Å². The fourth-order valence-corrected chi connectivity index (χ4v) is 3.24. The smallest absolute Gasteiger partial charge is 0.317 e. The lowest BCUT2D eigenvalue weighted by atomic mass is 9.92. The zero-order valence-corrected chi connectivity index (χ0v) is 12.2. The maximum Gasteiger partial charge on any atom is 0.317 e. The molecule has 0 bridgehead atoms. The third kappa shape index (κ3) is 3.54. The molecule has 1 aromatic carbocycles. The van der Waals surface area contributed by atoms with E-state index in [1.807, 2.05) is 17.0 Å². The Labute approximate surface area is 125 Å². The highest BCUT2D eigenvalue weighted by Gasteiger charge is 2.25. The van der Waals surface area contributed by atoms with Gasteiger partial charge >= 0.3 is 5.97 Å². The number of hydrogen-bond donors (Lipinski definition) is 1. The maximum atomic E-state index is 10.7. The number of carbonyl (C=O) groups is 1. The SMILES string of the molecule is O=C(O)CN1CCN(CC2CCOc3ccccc32)CC1. The molecule has 5 heteroatoms. The first-order valence-electron chi connectivity index (χ1n) is 7.60. The van der Waals surface area contributed by atoms with Gasteiger partial charge in [0.1, 0.15) is 5.75 Å². The summed E-state index contributed by atoms with van der Waals surface area (Å²) in [5, 5.41) is 8.83. The van der Waals surface area contributed by atoms with Gasteiger partial charge in [-0.1, -0.05) is 18.2 Å². The second-order valence-electron chi connectivity index (χ2n) is 5.84. The average Bonchev–Trinajstić information content (AvgIpc) is 2.49. The molecule has 1 N–H and O–H groups in total. The van der Waals surface area contributed by atoms with Crippen LogP contribution in [0.25, 0.3) is 0 Å². The molecule has 0 aromatic heterocycles. The monoisotopic (exact) mass is 290 g/mol. The maximum absolute atomic E-state index is 10.7. The molecular weight excluding hydrogens is 268 g/mol. The molecular formula is C16H22N2O3. The number of rotatable bonds is 4. The van der Waals surface area contributed by atoms with E-state index in [4.69, 9.17) is 9.84 Å². The van der Waals surface area contributed by atoms with Crippen LogP contribution in [0, 0.1) is 0 Å². The Hall–Kier alpha value is -1.59. The average molecular weight is 290 g/mol. The number of fused-ring (bicyclic) bond motifs is 1. The summed E-state index contributed by atoms with van der Waals surface area (Å²) in [6.07, 6.45) is 1.06. The van der Waals surface area contributed by atoms with E-state index in [0.29, 0.717) is 5.92 Å². The molecule has 2 aliphatic rings. The first kappa shape index (κ1) is 14.4. The third-order valence-electron chi connectivity index (χ3n) is 4.39. The molecule has 1 saturated heterocycles. The molecule has 2 aliphatic heterocycles. The van der Waals surface area contributed by atoms with Crippen LogP contribution in [-0.2, 0) is 4.79 Å². The fraction of sp³-hybridized carbons (Fsp3) is 0.562. The van der Waals surface area contributed by atoms with Crippen LogP contribution in [-0.4, -0.2) is 66.8 Å². The number of para-hydroxylation sites is 1. The van der Waals surface area contributed by atoms with Crippen LogP contribution in [0.4, 0.5) is 0 Å². The first-order chi connectivity index (χ1) is 10.2. The summed E-state index contributed by atoms with van der Waals surface area (Å²) in [4.78, 5) is 15.2. The Morgan fingerprint density at radius 3 is 2.67 bits per heavy atom. The Balaban J connectivity index is 1.56. The van der Waals surface area contributed by atoms with E-state index in [-0.39, 0.29) is 6.54 Å². The minimum Gasteiger partial charge on any atom is -0.493 e. The Morgan fingerprint density at radius 2 is 1.90 bits per heavy atom. The molecule has 3 rings (SSSR count). The van der Waals surface area contributed by atoms with E-state index >= 15 is 0 Å². The van der Waals surface area contributed by atoms with Crippen molar-refractivity contribution in [2.75, 3.05) is 45.9 Å². The van der Waals surface area contributed by atoms with Crippen LogP contribution < -0.4 is 4.74 Å². The van der Waals surface area contributed by atoms with Gasteiger partial charge in [0.05, 0.1) is 13.2 Å². The lowest BCUT2D eigenvalue weighted by Crippen LogP contribution is -2.49. The minimum absolute atomic E-state index is 0.161. The summed E-state index contributed by atoms with van der Waals surface area (Å²) in [5.41, 5.74) is 1.32. The van der Waals surface area contributed by atoms with Gasteiger partial charge in [0.2, 0.25) is 0 Å². The highest BCUT2D eigenvalue weighted by atomic mass is 16.5. The number of hydrogen-bond acceptors (Lipinski definition) is 4. The van der Waals surface area contributed by atoms with Gasteiger partial charge in [0.25, 0.3) is 0 Å². The first-order valence-corrected chi connectivity index (χ1v) is 7.60. The van der Waals surface area contributed by atoms with Crippen molar-refractivity contribution in [2.45, 2.75) is 12.3 Å². The molecule has 0 amide bonds. The molecule has 0 aliphatic carbocycles. The number of ether oxygens (including phenoxy) is 1. The lowest BCUT2D eigenvalue weighted by molar-refractivity contribution is -0.138. The summed E-state index contributed by atoms with van der Waals surface area (Å²) in [6, 6.07) is 8.31. The quantitative estimate of drug-likeness (QED) is 0.904. The third-order valence-corrected chi connectivity index (χ3v) is 4.39. The van der Waals surface area contributed by atoms with Gasteiger partial charge < -0.3 is 14.7 Å². The van der Waals surface area contributed by atoms with Gasteiger partial charge in [-0.3, -0.25) is 9.69 Å². The molecule has 21 heavy (non-hydrogen) atoms. The molecule has 1 atom stereocenters. The molecule has 0 spiro atoms. The van der Waals surface area contributed by atoms with E-state index < -0.39 is 5.97 Å². The predicted octanol–water partition coefficient (Wildman–Crippen LogP) is 1.25. The van der Waals surface area contributed by atoms with E-state index in [1.165, 1.54) is 5.56 Å². The molecule has 2 heterocycles. The molecule has 5 nitrogen and oxygen atoms in total. The highest BCUT2D eigenvalue weighted by Crippen LogP contribution is 2.33. The van der Waals surface area contributed by atoms with Crippen molar-refractivity contribution in [1.82, 2.24) is 9.80 Å². The van der Waals surface area contributed by atoms with Gasteiger partial charge in [-0.2, -0.15) is 0 Å². The molecule has 0 saturated carbocycles. The summed E-state index contributed by atoms with van der Waals surface area (Å²) in [6.45, 7) is 5.59. The number of benzene rings is 1. The largest absolute Gasteiger partial charge is 0.493 e. The van der Waals surface area contributed by atoms with Crippen molar-refractivity contribution in [1.29, 1.82) is 0 Å². The standard InChI is InChI=1S/C16H22N2O3/c19-16(20)12-18-8-6-17(7-9-18)11-13-5-10-21-15-4-2-1-3-14(13)15/h1-4,13H,5-12H2,(H,19,20). The van der Waals surface area contributed by atoms with Crippen LogP contribution in [0.1, 0.15) is 17.9 Å². The number of carboxylic acid groups (broad SMARTS) is 1. The Bertz CT molecular complexity index is 498. The van der Waals surface area contributed by atoms with Crippen molar-refractivity contribution in [3.8, 4) is 5.75 Å². The number of piperazine rings is 1. The van der Waals surface area contributed by atoms with Gasteiger partial charge in [-0.15, -0.1) is 0 Å². The summed E-state index contributed by atoms with van der Waals surface area (Å²) in [7, 11) is 0. The zero-order chi connectivity index (χ0) is 14.7. The van der Waals surface area contributed by atoms with Crippen LogP contribution >= 0.6 is 0 Å². The van der Waals surface area contributed by atoms with Crippen molar-refractivity contribution in [2.24, 2.45) is 0 Å². The van der Waals surface area contributed by atoms with Gasteiger partial charge in [0.15, 0.2) is 0 Å². The molecule has 1 fully saturated rings. The van der Waals surface area contributed by atoms with Crippen molar-refractivity contribution >= 4 is 5.97 Å². The van der Waals surface area contributed by atoms with Crippen LogP contribution in [0.5, 0.6) is 5.75 Å². The number of nitrogens with zero attached hydrogens (tertiary/aromatic N) is 2. The Kier molecular flexibility index (Phi) is 4.41. The molecule has 1 aromatic rings. The van der Waals surface area contributed by atoms with Gasteiger partial charge in [0, 0.05) is 38.6 Å². The number of carboxylic acids is 1. The zero-order valence-electron chi connectivity index (χ0n) is 12.2. The summed E-state index contributed by atoms with van der Waals surface area (Å²) in [5.74, 6) is 0.820. The Morgan fingerprint density at radius 1 is 1.19 bits per heavy atom. The summed E-state index contributed by atoms with van der Waals surface area (Å²) >= 11 is 0. The molecule has 1 unspecified atom stereocenters. The topological polar surface area (TPSA) is 53.0 Å². The van der Waals surface area contributed by atoms with E-state index in [1.54, 1.807) is 0 Å². The van der Waals surface area contributed by atoms with Gasteiger partial charge in [-0.25, -0.2) is 0 Å². The lowest BCUT2D eigenvalue weighted by Gasteiger charge is -2.37. The summed E-state index contributed by atoms with van der Waals surface area (Å²) < 4.78 is 5.71. The van der Waals surface area contributed by atoms with Crippen molar-refractivity contribution in [3.63, 3.8) is 0 Å². The minimum atomic E-state index is -0.734. The van der Waals surface area contributed by atoms with Crippen LogP contribution in [0.15, 0.2) is 24.3 Å². The van der Waals surface area contributed by atoms with E-state index in [2.05, 4.69) is 17.0 Å².